The van der Waals surface area contributed by atoms with Crippen molar-refractivity contribution in [3.63, 3.8) is 0 Å². The van der Waals surface area contributed by atoms with Gasteiger partial charge in [0.05, 0.1) is 0 Å². The van der Waals surface area contributed by atoms with Gasteiger partial charge in [0, 0.05) is 45.0 Å². The molecule has 5 nitrogen and oxygen atoms in total. The van der Waals surface area contributed by atoms with Gasteiger partial charge in [-0.25, -0.2) is 0 Å². The highest BCUT2D eigenvalue weighted by Gasteiger charge is 2.02. The Kier molecular flexibility index (Phi) is 7.92. The van der Waals surface area contributed by atoms with Crippen molar-refractivity contribution in [1.82, 2.24) is 20.5 Å². The summed E-state index contributed by atoms with van der Waals surface area (Å²) in [6.07, 6.45) is 2.70. The highest BCUT2D eigenvalue weighted by Crippen LogP contribution is 2.07. The standard InChI is InChI=1S/C20H29N5/c1-4-25(3)16-18-9-7-8-17(14-18)15-24-20(21-2)23-13-11-19-10-5-6-12-22-19/h5-10,12,14H,4,11,13,15-16H2,1-3H3,(H2,21,23,24). The molecule has 0 amide bonds. The molecule has 0 radical (unpaired) electrons. The van der Waals surface area contributed by atoms with Crippen molar-refractivity contribution in [2.75, 3.05) is 27.2 Å². The van der Waals surface area contributed by atoms with Crippen molar-refractivity contribution in [2.45, 2.75) is 26.4 Å². The van der Waals surface area contributed by atoms with E-state index in [-0.39, 0.29) is 0 Å². The van der Waals surface area contributed by atoms with Gasteiger partial charge in [0.2, 0.25) is 0 Å². The summed E-state index contributed by atoms with van der Waals surface area (Å²) in [6, 6.07) is 14.7. The van der Waals surface area contributed by atoms with Gasteiger partial charge in [-0.1, -0.05) is 37.3 Å². The Hall–Kier alpha value is -2.40. The van der Waals surface area contributed by atoms with E-state index in [4.69, 9.17) is 0 Å². The molecule has 0 aliphatic carbocycles. The zero-order valence-electron chi connectivity index (χ0n) is 15.5. The van der Waals surface area contributed by atoms with Crippen LogP contribution in [-0.4, -0.2) is 43.0 Å². The topological polar surface area (TPSA) is 52.5 Å². The summed E-state index contributed by atoms with van der Waals surface area (Å²) in [5.41, 5.74) is 3.68. The summed E-state index contributed by atoms with van der Waals surface area (Å²) in [5.74, 6) is 0.812. The first-order valence-corrected chi connectivity index (χ1v) is 8.82. The van der Waals surface area contributed by atoms with Crippen LogP contribution in [-0.2, 0) is 19.5 Å². The summed E-state index contributed by atoms with van der Waals surface area (Å²) < 4.78 is 0. The Labute approximate surface area is 151 Å². The van der Waals surface area contributed by atoms with E-state index in [2.05, 4.69) is 63.7 Å². The minimum atomic E-state index is 0.757. The number of nitrogens with zero attached hydrogens (tertiary/aromatic N) is 3. The van der Waals surface area contributed by atoms with Crippen LogP contribution >= 0.6 is 0 Å². The first kappa shape index (κ1) is 18.9. The van der Waals surface area contributed by atoms with E-state index >= 15 is 0 Å². The molecule has 0 bridgehead atoms. The van der Waals surface area contributed by atoms with Gasteiger partial charge in [0.1, 0.15) is 0 Å². The van der Waals surface area contributed by atoms with Crippen molar-refractivity contribution >= 4 is 5.96 Å². The summed E-state index contributed by atoms with van der Waals surface area (Å²) >= 11 is 0. The second-order valence-corrected chi connectivity index (χ2v) is 6.07. The van der Waals surface area contributed by atoms with E-state index in [1.807, 2.05) is 24.4 Å². The van der Waals surface area contributed by atoms with Crippen molar-refractivity contribution < 1.29 is 0 Å². The number of benzene rings is 1. The van der Waals surface area contributed by atoms with Crippen LogP contribution in [0.2, 0.25) is 0 Å². The Morgan fingerprint density at radius 2 is 1.96 bits per heavy atom. The molecule has 0 fully saturated rings. The second-order valence-electron chi connectivity index (χ2n) is 6.07. The molecule has 134 valence electrons. The van der Waals surface area contributed by atoms with E-state index in [0.717, 1.165) is 44.3 Å². The minimum absolute atomic E-state index is 0.757. The molecule has 5 heteroatoms. The molecule has 0 atom stereocenters. The van der Waals surface area contributed by atoms with Crippen molar-refractivity contribution in [1.29, 1.82) is 0 Å². The molecule has 2 aromatic rings. The maximum atomic E-state index is 4.33. The van der Waals surface area contributed by atoms with Crippen LogP contribution in [0.1, 0.15) is 23.7 Å². The number of nitrogens with one attached hydrogen (secondary N) is 2. The van der Waals surface area contributed by atoms with Crippen LogP contribution in [0.5, 0.6) is 0 Å². The largest absolute Gasteiger partial charge is 0.356 e. The van der Waals surface area contributed by atoms with E-state index in [9.17, 15) is 0 Å². The van der Waals surface area contributed by atoms with Crippen LogP contribution in [0.15, 0.2) is 53.7 Å². The number of aliphatic imine (C=N–C) groups is 1. The highest BCUT2D eigenvalue weighted by molar-refractivity contribution is 5.79. The molecule has 0 aliphatic heterocycles. The smallest absolute Gasteiger partial charge is 0.191 e. The van der Waals surface area contributed by atoms with Gasteiger partial charge in [-0.2, -0.15) is 0 Å². The fraction of sp³-hybridized carbons (Fsp3) is 0.400. The third-order valence-electron chi connectivity index (χ3n) is 4.07. The lowest BCUT2D eigenvalue weighted by Crippen LogP contribution is -2.37. The molecular weight excluding hydrogens is 310 g/mol. The fourth-order valence-electron chi connectivity index (χ4n) is 2.52. The van der Waals surface area contributed by atoms with Crippen LogP contribution in [0, 0.1) is 0 Å². The predicted octanol–water partition coefficient (Wildman–Crippen LogP) is 2.44. The first-order valence-electron chi connectivity index (χ1n) is 8.82. The summed E-state index contributed by atoms with van der Waals surface area (Å²) in [5, 5.41) is 6.71. The highest BCUT2D eigenvalue weighted by atomic mass is 15.2. The Balaban J connectivity index is 1.79. The molecule has 0 spiro atoms. The maximum absolute atomic E-state index is 4.33. The van der Waals surface area contributed by atoms with Gasteiger partial charge in [0.25, 0.3) is 0 Å². The first-order chi connectivity index (χ1) is 12.2. The summed E-state index contributed by atoms with van der Waals surface area (Å²) in [7, 11) is 3.93. The van der Waals surface area contributed by atoms with Gasteiger partial charge in [-0.05, 0) is 36.9 Å². The molecule has 0 aliphatic rings. The minimum Gasteiger partial charge on any atom is -0.356 e. The Bertz CT molecular complexity index is 654. The van der Waals surface area contributed by atoms with E-state index < -0.39 is 0 Å². The quantitative estimate of drug-likeness (QED) is 0.573. The Morgan fingerprint density at radius 3 is 2.68 bits per heavy atom. The molecule has 2 rings (SSSR count). The number of guanidine groups is 1. The molecule has 1 aromatic heterocycles. The molecule has 2 N–H and O–H groups in total. The van der Waals surface area contributed by atoms with Crippen molar-refractivity contribution in [3.8, 4) is 0 Å². The number of hydrogen-bond acceptors (Lipinski definition) is 3. The van der Waals surface area contributed by atoms with Crippen LogP contribution in [0.4, 0.5) is 0 Å². The van der Waals surface area contributed by atoms with Crippen molar-refractivity contribution in [2.24, 2.45) is 4.99 Å². The van der Waals surface area contributed by atoms with Gasteiger partial charge >= 0.3 is 0 Å². The maximum Gasteiger partial charge on any atom is 0.191 e. The molecule has 1 aromatic carbocycles. The van der Waals surface area contributed by atoms with Crippen molar-refractivity contribution in [3.05, 3.63) is 65.5 Å². The van der Waals surface area contributed by atoms with Gasteiger partial charge in [0.15, 0.2) is 5.96 Å². The lowest BCUT2D eigenvalue weighted by Gasteiger charge is -2.15. The molecule has 0 saturated heterocycles. The molecule has 0 unspecified atom stereocenters. The molecule has 1 heterocycles. The molecule has 0 saturated carbocycles. The number of pyridine rings is 1. The lowest BCUT2D eigenvalue weighted by atomic mass is 10.1. The predicted molar refractivity (Wildman–Crippen MR) is 105 cm³/mol. The van der Waals surface area contributed by atoms with Gasteiger partial charge in [-0.15, -0.1) is 0 Å². The lowest BCUT2D eigenvalue weighted by molar-refractivity contribution is 0.345. The SMILES string of the molecule is CCN(C)Cc1cccc(CNC(=NC)NCCc2ccccn2)c1. The third-order valence-corrected chi connectivity index (χ3v) is 4.07. The van der Waals surface area contributed by atoms with E-state index in [1.165, 1.54) is 11.1 Å². The third kappa shape index (κ3) is 6.93. The van der Waals surface area contributed by atoms with Gasteiger partial charge in [-0.3, -0.25) is 9.98 Å². The normalized spacial score (nSPS) is 11.6. The monoisotopic (exact) mass is 339 g/mol. The number of aromatic nitrogens is 1. The average molecular weight is 339 g/mol. The van der Waals surface area contributed by atoms with Crippen LogP contribution in [0.3, 0.4) is 0 Å². The average Bonchev–Trinajstić information content (AvgIpc) is 2.65. The summed E-state index contributed by atoms with van der Waals surface area (Å²) in [4.78, 5) is 10.9. The van der Waals surface area contributed by atoms with E-state index in [0.29, 0.717) is 0 Å². The fourth-order valence-corrected chi connectivity index (χ4v) is 2.52. The number of rotatable bonds is 8. The number of hydrogen-bond donors (Lipinski definition) is 2. The zero-order valence-corrected chi connectivity index (χ0v) is 15.5. The van der Waals surface area contributed by atoms with Gasteiger partial charge < -0.3 is 15.5 Å². The Morgan fingerprint density at radius 1 is 1.12 bits per heavy atom. The van der Waals surface area contributed by atoms with E-state index in [1.54, 1.807) is 7.05 Å². The zero-order chi connectivity index (χ0) is 17.9. The molecular formula is C20H29N5. The van der Waals surface area contributed by atoms with Crippen LogP contribution in [0.25, 0.3) is 0 Å². The second kappa shape index (κ2) is 10.5. The molecule has 25 heavy (non-hydrogen) atoms. The van der Waals surface area contributed by atoms with Crippen LogP contribution < -0.4 is 10.6 Å². The summed E-state index contributed by atoms with van der Waals surface area (Å²) in [6.45, 7) is 5.76.